The molecule has 1 saturated carbocycles. The van der Waals surface area contributed by atoms with E-state index >= 15 is 0 Å². The van der Waals surface area contributed by atoms with Crippen LogP contribution in [0.25, 0.3) is 17.0 Å². The van der Waals surface area contributed by atoms with Crippen LogP contribution < -0.4 is 0 Å². The van der Waals surface area contributed by atoms with Crippen LogP contribution in [0.5, 0.6) is 0 Å². The first-order chi connectivity index (χ1) is 16.1. The summed E-state index contributed by atoms with van der Waals surface area (Å²) >= 11 is 0. The minimum atomic E-state index is -0.652. The fourth-order valence-electron chi connectivity index (χ4n) is 5.22. The number of fused-ring (bicyclic) bond motifs is 1. The maximum absolute atomic E-state index is 12.8. The minimum Gasteiger partial charge on any atom is -0.445 e. The highest BCUT2D eigenvalue weighted by Gasteiger charge is 2.31. The van der Waals surface area contributed by atoms with Gasteiger partial charge in [-0.2, -0.15) is 0 Å². The van der Waals surface area contributed by atoms with E-state index in [1.54, 1.807) is 0 Å². The van der Waals surface area contributed by atoms with E-state index < -0.39 is 5.60 Å². The standard InChI is InChI=1S/C28H32N2O3/c31-27(33-20-22-7-2-1-3-8-22)30-16-6-9-24(30)18-23-19-29-26-11-10-21(17-25(23)26)12-15-28(32)13-4-5-14-28/h1-3,7-8,10-12,15,17,19,24,29,32H,4-6,9,13-14,16,18,20H2/b15-12+/t24-/m1/s1. The molecular weight excluding hydrogens is 412 g/mol. The van der Waals surface area contributed by atoms with Crippen molar-refractivity contribution in [2.24, 2.45) is 0 Å². The smallest absolute Gasteiger partial charge is 0.410 e. The van der Waals surface area contributed by atoms with Crippen molar-refractivity contribution in [1.29, 1.82) is 0 Å². The van der Waals surface area contributed by atoms with Crippen LogP contribution in [0.4, 0.5) is 4.79 Å². The summed E-state index contributed by atoms with van der Waals surface area (Å²) in [7, 11) is 0. The molecule has 5 rings (SSSR count). The largest absolute Gasteiger partial charge is 0.445 e. The van der Waals surface area contributed by atoms with Gasteiger partial charge in [0.1, 0.15) is 6.61 Å². The summed E-state index contributed by atoms with van der Waals surface area (Å²) < 4.78 is 5.60. The second-order valence-electron chi connectivity index (χ2n) is 9.50. The van der Waals surface area contributed by atoms with Crippen molar-refractivity contribution in [3.63, 3.8) is 0 Å². The van der Waals surface area contributed by atoms with Gasteiger partial charge in [0.05, 0.1) is 5.60 Å². The van der Waals surface area contributed by atoms with E-state index in [-0.39, 0.29) is 12.1 Å². The highest BCUT2D eigenvalue weighted by molar-refractivity contribution is 5.85. The van der Waals surface area contributed by atoms with Crippen molar-refractivity contribution >= 4 is 23.1 Å². The zero-order chi connectivity index (χ0) is 22.7. The molecule has 2 N–H and O–H groups in total. The number of ether oxygens (including phenoxy) is 1. The first kappa shape index (κ1) is 21.8. The number of H-pyrrole nitrogens is 1. The summed E-state index contributed by atoms with van der Waals surface area (Å²) in [6.45, 7) is 1.05. The van der Waals surface area contributed by atoms with Crippen LogP contribution in [0.15, 0.2) is 60.8 Å². The van der Waals surface area contributed by atoms with Crippen LogP contribution in [0.2, 0.25) is 0 Å². The predicted octanol–water partition coefficient (Wildman–Crippen LogP) is 5.83. The lowest BCUT2D eigenvalue weighted by atomic mass is 9.99. The molecule has 1 amide bonds. The lowest BCUT2D eigenvalue weighted by molar-refractivity contribution is 0.0921. The van der Waals surface area contributed by atoms with Gasteiger partial charge in [-0.3, -0.25) is 0 Å². The number of nitrogens with zero attached hydrogens (tertiary/aromatic N) is 1. The van der Waals surface area contributed by atoms with Gasteiger partial charge < -0.3 is 19.7 Å². The van der Waals surface area contributed by atoms with Gasteiger partial charge in [-0.1, -0.05) is 61.4 Å². The number of carbonyl (C=O) groups excluding carboxylic acids is 1. The molecule has 1 aliphatic carbocycles. The van der Waals surface area contributed by atoms with Gasteiger partial charge in [0.15, 0.2) is 0 Å². The molecule has 5 heteroatoms. The monoisotopic (exact) mass is 444 g/mol. The van der Waals surface area contributed by atoms with E-state index in [4.69, 9.17) is 4.74 Å². The lowest BCUT2D eigenvalue weighted by Crippen LogP contribution is -2.37. The average Bonchev–Trinajstić information content (AvgIpc) is 3.58. The molecule has 172 valence electrons. The molecule has 0 radical (unpaired) electrons. The Morgan fingerprint density at radius 2 is 1.97 bits per heavy atom. The lowest BCUT2D eigenvalue weighted by Gasteiger charge is -2.24. The van der Waals surface area contributed by atoms with Gasteiger partial charge in [0, 0.05) is 29.7 Å². The van der Waals surface area contributed by atoms with Crippen LogP contribution in [-0.4, -0.2) is 39.3 Å². The molecule has 1 aliphatic heterocycles. The van der Waals surface area contributed by atoms with E-state index in [1.807, 2.05) is 47.4 Å². The maximum atomic E-state index is 12.8. The topological polar surface area (TPSA) is 65.6 Å². The maximum Gasteiger partial charge on any atom is 0.410 e. The van der Waals surface area contributed by atoms with Crippen molar-refractivity contribution in [2.45, 2.75) is 63.2 Å². The second-order valence-corrected chi connectivity index (χ2v) is 9.50. The molecule has 33 heavy (non-hydrogen) atoms. The zero-order valence-corrected chi connectivity index (χ0v) is 19.0. The Morgan fingerprint density at radius 3 is 2.79 bits per heavy atom. The second kappa shape index (κ2) is 9.44. The van der Waals surface area contributed by atoms with Crippen LogP contribution >= 0.6 is 0 Å². The number of carbonyl (C=O) groups is 1. The number of amides is 1. The van der Waals surface area contributed by atoms with Crippen molar-refractivity contribution in [3.05, 3.63) is 77.5 Å². The third-order valence-corrected chi connectivity index (χ3v) is 7.12. The summed E-state index contributed by atoms with van der Waals surface area (Å²) in [4.78, 5) is 18.0. The van der Waals surface area contributed by atoms with Crippen molar-refractivity contribution in [3.8, 4) is 0 Å². The van der Waals surface area contributed by atoms with Crippen molar-refractivity contribution in [2.75, 3.05) is 6.54 Å². The number of rotatable bonds is 6. The Bertz CT molecular complexity index is 1130. The van der Waals surface area contributed by atoms with Crippen LogP contribution in [0.3, 0.4) is 0 Å². The Labute approximate surface area is 195 Å². The number of likely N-dealkylation sites (tertiary alicyclic amines) is 1. The van der Waals surface area contributed by atoms with Gasteiger partial charge in [0.2, 0.25) is 0 Å². The number of hydrogen-bond donors (Lipinski definition) is 2. The van der Waals surface area contributed by atoms with Crippen molar-refractivity contribution in [1.82, 2.24) is 9.88 Å². The predicted molar refractivity (Wildman–Crippen MR) is 131 cm³/mol. The molecule has 1 saturated heterocycles. The van der Waals surface area contributed by atoms with Crippen molar-refractivity contribution < 1.29 is 14.6 Å². The third kappa shape index (κ3) is 4.98. The molecule has 5 nitrogen and oxygen atoms in total. The summed E-state index contributed by atoms with van der Waals surface area (Å²) in [6, 6.07) is 16.3. The highest BCUT2D eigenvalue weighted by Crippen LogP contribution is 2.32. The van der Waals surface area contributed by atoms with E-state index in [0.29, 0.717) is 6.61 Å². The molecule has 0 spiro atoms. The van der Waals surface area contributed by atoms with Gasteiger partial charge in [-0.05, 0) is 60.9 Å². The van der Waals surface area contributed by atoms with E-state index in [9.17, 15) is 9.90 Å². The van der Waals surface area contributed by atoms with Crippen LogP contribution in [-0.2, 0) is 17.8 Å². The van der Waals surface area contributed by atoms with Gasteiger partial charge in [-0.15, -0.1) is 0 Å². The van der Waals surface area contributed by atoms with E-state index in [0.717, 1.165) is 68.1 Å². The first-order valence-corrected chi connectivity index (χ1v) is 12.1. The number of aliphatic hydroxyl groups is 1. The van der Waals surface area contributed by atoms with E-state index in [2.05, 4.69) is 29.4 Å². The Morgan fingerprint density at radius 1 is 1.15 bits per heavy atom. The van der Waals surface area contributed by atoms with Crippen LogP contribution in [0, 0.1) is 0 Å². The average molecular weight is 445 g/mol. The molecule has 2 aromatic carbocycles. The number of aromatic nitrogens is 1. The zero-order valence-electron chi connectivity index (χ0n) is 19.0. The molecule has 2 aliphatic rings. The Hall–Kier alpha value is -3.05. The summed E-state index contributed by atoms with van der Waals surface area (Å²) in [6.07, 6.45) is 12.5. The molecule has 3 aromatic rings. The Balaban J connectivity index is 1.27. The number of nitrogens with one attached hydrogen (secondary N) is 1. The molecule has 0 unspecified atom stereocenters. The van der Waals surface area contributed by atoms with Gasteiger partial charge >= 0.3 is 6.09 Å². The molecule has 1 aromatic heterocycles. The molecule has 2 fully saturated rings. The minimum absolute atomic E-state index is 0.144. The number of aromatic amines is 1. The molecule has 1 atom stereocenters. The van der Waals surface area contributed by atoms with Crippen LogP contribution in [0.1, 0.15) is 55.2 Å². The van der Waals surface area contributed by atoms with Gasteiger partial charge in [0.25, 0.3) is 0 Å². The third-order valence-electron chi connectivity index (χ3n) is 7.12. The quantitative estimate of drug-likeness (QED) is 0.503. The Kier molecular flexibility index (Phi) is 6.23. The van der Waals surface area contributed by atoms with Gasteiger partial charge in [-0.25, -0.2) is 4.79 Å². The number of benzene rings is 2. The molecule has 2 heterocycles. The summed E-state index contributed by atoms with van der Waals surface area (Å²) in [5.74, 6) is 0. The molecular formula is C28H32N2O3. The summed E-state index contributed by atoms with van der Waals surface area (Å²) in [5, 5.41) is 11.8. The fourth-order valence-corrected chi connectivity index (χ4v) is 5.22. The van der Waals surface area contributed by atoms with E-state index in [1.165, 1.54) is 10.9 Å². The fraction of sp³-hybridized carbons (Fsp3) is 0.393. The number of hydrogen-bond acceptors (Lipinski definition) is 3. The summed E-state index contributed by atoms with van der Waals surface area (Å²) in [5.41, 5.74) is 3.75. The SMILES string of the molecule is O=C(OCc1ccccc1)N1CCC[C@@H]1Cc1c[nH]c2ccc(/C=C/C3(O)CCCC3)cc12. The normalized spacial score (nSPS) is 20.2. The first-order valence-electron chi connectivity index (χ1n) is 12.1. The molecule has 0 bridgehead atoms. The highest BCUT2D eigenvalue weighted by atomic mass is 16.6.